The van der Waals surface area contributed by atoms with Crippen molar-refractivity contribution in [3.63, 3.8) is 0 Å². The lowest BCUT2D eigenvalue weighted by atomic mass is 9.96. The van der Waals surface area contributed by atoms with Crippen LogP contribution in [-0.2, 0) is 20.8 Å². The Morgan fingerprint density at radius 2 is 1.88 bits per heavy atom. The maximum Gasteiger partial charge on any atom is 0.410 e. The number of fused-ring (bicyclic) bond motifs is 1. The van der Waals surface area contributed by atoms with Crippen LogP contribution in [0.1, 0.15) is 58.3 Å². The highest BCUT2D eigenvalue weighted by atomic mass is 127. The van der Waals surface area contributed by atoms with Crippen LogP contribution >= 0.6 is 22.6 Å². The maximum atomic E-state index is 14.1. The summed E-state index contributed by atoms with van der Waals surface area (Å²) in [5.74, 6) is 0.202. The summed E-state index contributed by atoms with van der Waals surface area (Å²) in [4.78, 5) is 59.8. The molecule has 258 valence electrons. The molecule has 2 aromatic heterocycles. The fourth-order valence-electron chi connectivity index (χ4n) is 5.41. The molecule has 5 rings (SSSR count). The van der Waals surface area contributed by atoms with Gasteiger partial charge in [-0.15, -0.1) is 0 Å². The highest BCUT2D eigenvalue weighted by Gasteiger charge is 2.33. The summed E-state index contributed by atoms with van der Waals surface area (Å²) in [6, 6.07) is 10.4. The third kappa shape index (κ3) is 7.50. The number of non-ortho nitro benzene ring substituents is 1. The topological polar surface area (TPSA) is 187 Å². The fourth-order valence-corrected chi connectivity index (χ4v) is 6.11. The number of hydrogen-bond donors (Lipinski definition) is 0. The van der Waals surface area contributed by atoms with Crippen molar-refractivity contribution in [1.82, 2.24) is 24.0 Å². The Kier molecular flexibility index (Phi) is 10.2. The van der Waals surface area contributed by atoms with Gasteiger partial charge in [0.2, 0.25) is 6.79 Å². The minimum atomic E-state index is -0.800. The molecule has 3 heterocycles. The largest absolute Gasteiger partial charge is 0.462 e. The summed E-state index contributed by atoms with van der Waals surface area (Å²) >= 11 is 2.21. The molecule has 0 bridgehead atoms. The Morgan fingerprint density at radius 3 is 2.49 bits per heavy atom. The first kappa shape index (κ1) is 35.2. The number of carbonyl (C=O) groups excluding carboxylic acids is 1. The normalized spacial score (nSPS) is 13.5. The molecule has 17 heteroatoms. The van der Waals surface area contributed by atoms with Crippen LogP contribution < -0.4 is 5.56 Å². The average molecular weight is 788 g/mol. The van der Waals surface area contributed by atoms with Crippen LogP contribution in [0.15, 0.2) is 65.6 Å². The highest BCUT2D eigenvalue weighted by molar-refractivity contribution is 14.1. The number of halogens is 1. The molecule has 0 aliphatic carbocycles. The van der Waals surface area contributed by atoms with Gasteiger partial charge < -0.3 is 23.7 Å². The number of benzene rings is 2. The van der Waals surface area contributed by atoms with E-state index in [2.05, 4.69) is 27.6 Å². The first-order valence-corrected chi connectivity index (χ1v) is 16.3. The molecule has 1 aliphatic heterocycles. The number of nitrogens with zero attached hydrogens (tertiary/aromatic N) is 7. The molecule has 1 atom stereocenters. The molecule has 4 aromatic rings. The van der Waals surface area contributed by atoms with Crippen LogP contribution in [0.3, 0.4) is 0 Å². The predicted octanol–water partition coefficient (Wildman–Crippen LogP) is 6.02. The molecule has 1 unspecified atom stereocenters. The third-order valence-electron chi connectivity index (χ3n) is 7.60. The summed E-state index contributed by atoms with van der Waals surface area (Å²) in [6.07, 6.45) is 2.59. The van der Waals surface area contributed by atoms with Crippen molar-refractivity contribution >= 4 is 51.2 Å². The van der Waals surface area contributed by atoms with Crippen molar-refractivity contribution in [2.24, 2.45) is 0 Å². The molecule has 0 N–H and O–H groups in total. The van der Waals surface area contributed by atoms with Crippen molar-refractivity contribution in [2.45, 2.75) is 65.1 Å². The van der Waals surface area contributed by atoms with Crippen LogP contribution in [0.5, 0.6) is 0 Å². The minimum Gasteiger partial charge on any atom is -0.462 e. The monoisotopic (exact) mass is 787 g/mol. The number of nitro benzene ring substituents is 2. The smallest absolute Gasteiger partial charge is 0.410 e. The van der Waals surface area contributed by atoms with E-state index in [0.717, 1.165) is 38.2 Å². The third-order valence-corrected chi connectivity index (χ3v) is 8.58. The van der Waals surface area contributed by atoms with E-state index in [1.165, 1.54) is 6.26 Å². The van der Waals surface area contributed by atoms with E-state index in [-0.39, 0.29) is 36.2 Å². The van der Waals surface area contributed by atoms with Crippen molar-refractivity contribution in [3.8, 4) is 5.69 Å². The number of hydrogen-bond acceptors (Lipinski definition) is 11. The van der Waals surface area contributed by atoms with Crippen molar-refractivity contribution in [3.05, 3.63) is 106 Å². The molecule has 2 aromatic carbocycles. The lowest BCUT2D eigenvalue weighted by molar-refractivity contribution is -0.394. The van der Waals surface area contributed by atoms with Gasteiger partial charge in [-0.05, 0) is 81.3 Å². The van der Waals surface area contributed by atoms with Gasteiger partial charge in [-0.3, -0.25) is 29.6 Å². The number of rotatable bonds is 11. The molecule has 0 saturated carbocycles. The molecular weight excluding hydrogens is 753 g/mol. The Morgan fingerprint density at radius 1 is 1.14 bits per heavy atom. The van der Waals surface area contributed by atoms with Crippen molar-refractivity contribution in [2.75, 3.05) is 13.3 Å². The van der Waals surface area contributed by atoms with Crippen LogP contribution in [-0.4, -0.2) is 64.9 Å². The number of aryl methyl sites for hydroxylation is 1. The lowest BCUT2D eigenvalue weighted by Crippen LogP contribution is -2.41. The maximum absolute atomic E-state index is 14.1. The zero-order chi connectivity index (χ0) is 35.6. The predicted molar refractivity (Wildman–Crippen MR) is 185 cm³/mol. The standard InChI is InChI=1S/C32H34IN7O9/c1-19(2)36(31(42)49-32(3,4)5)13-8-14-37-28(26(25-16-47-18-48-25)21-9-6-7-10-22(21)33)35-27-29(37)34-17-38(30(27)41)23-12-11-20(39(43)44)15-24(23)40(45)46/h6-7,9-12,15-17,19,26H,8,13-14,18H2,1-5H3. The lowest BCUT2D eigenvalue weighted by Gasteiger charge is -2.30. The van der Waals surface area contributed by atoms with Gasteiger partial charge in [0.25, 0.3) is 16.9 Å². The molecule has 49 heavy (non-hydrogen) atoms. The van der Waals surface area contributed by atoms with E-state index in [0.29, 0.717) is 24.5 Å². The van der Waals surface area contributed by atoms with Crippen molar-refractivity contribution in [1.29, 1.82) is 0 Å². The second-order valence-corrected chi connectivity index (χ2v) is 13.6. The van der Waals surface area contributed by atoms with Crippen molar-refractivity contribution < 1.29 is 28.9 Å². The van der Waals surface area contributed by atoms with E-state index in [1.54, 1.807) is 30.2 Å². The number of ether oxygens (including phenoxy) is 3. The van der Waals surface area contributed by atoms with E-state index in [1.807, 2.05) is 38.1 Å². The summed E-state index contributed by atoms with van der Waals surface area (Å²) in [6.45, 7) is 9.74. The molecule has 1 amide bonds. The number of nitro groups is 2. The van der Waals surface area contributed by atoms with Gasteiger partial charge in [-0.2, -0.15) is 0 Å². The first-order chi connectivity index (χ1) is 23.2. The molecule has 0 fully saturated rings. The van der Waals surface area contributed by atoms with Gasteiger partial charge in [0.05, 0.1) is 15.9 Å². The summed E-state index contributed by atoms with van der Waals surface area (Å²) in [5.41, 5.74) is -1.83. The summed E-state index contributed by atoms with van der Waals surface area (Å²) in [7, 11) is 0. The van der Waals surface area contributed by atoms with E-state index in [9.17, 15) is 29.8 Å². The number of aromatic nitrogens is 4. The zero-order valence-electron chi connectivity index (χ0n) is 27.4. The Hall–Kier alpha value is -5.07. The van der Waals surface area contributed by atoms with E-state index < -0.39 is 44.4 Å². The van der Waals surface area contributed by atoms with Gasteiger partial charge in [0.1, 0.15) is 41.4 Å². The zero-order valence-corrected chi connectivity index (χ0v) is 29.5. The van der Waals surface area contributed by atoms with Gasteiger partial charge in [0.15, 0.2) is 11.2 Å². The van der Waals surface area contributed by atoms with Crippen LogP contribution in [0.25, 0.3) is 16.9 Å². The molecule has 0 radical (unpaired) electrons. The first-order valence-electron chi connectivity index (χ1n) is 15.3. The van der Waals surface area contributed by atoms with Crippen LogP contribution in [0.4, 0.5) is 16.2 Å². The second-order valence-electron chi connectivity index (χ2n) is 12.4. The Labute approximate surface area is 293 Å². The van der Waals surface area contributed by atoms with Crippen LogP contribution in [0, 0.1) is 23.8 Å². The number of allylic oxidation sites excluding steroid dienone is 1. The minimum absolute atomic E-state index is 0.0103. The number of imidazole rings is 1. The quantitative estimate of drug-likeness (QED) is 0.0984. The molecule has 0 saturated heterocycles. The highest BCUT2D eigenvalue weighted by Crippen LogP contribution is 2.37. The van der Waals surface area contributed by atoms with Gasteiger partial charge >= 0.3 is 6.09 Å². The van der Waals surface area contributed by atoms with Gasteiger partial charge in [0, 0.05) is 28.8 Å². The summed E-state index contributed by atoms with van der Waals surface area (Å²) in [5, 5.41) is 23.3. The fraction of sp³-hybridized carbons (Fsp3) is 0.375. The molecular formula is C32H34IN7O9. The molecule has 16 nitrogen and oxygen atoms in total. The van der Waals surface area contributed by atoms with Gasteiger partial charge in [-0.25, -0.2) is 14.8 Å². The molecule has 1 aliphatic rings. The van der Waals surface area contributed by atoms with Crippen LogP contribution in [0.2, 0.25) is 0 Å². The Balaban J connectivity index is 1.66. The number of carbonyl (C=O) groups is 1. The Bertz CT molecular complexity index is 2020. The second kappa shape index (κ2) is 14.2. The SMILES string of the molecule is CC(C)N(CCCn1c(C(C2=COCO2)c2ccccc2I)nc2c(=O)n(-c3ccc([N+](=O)[O-])cc3[N+](=O)[O-])cnc21)C(=O)OC(C)(C)C. The van der Waals surface area contributed by atoms with E-state index >= 15 is 0 Å². The molecule has 0 spiro atoms. The summed E-state index contributed by atoms with van der Waals surface area (Å²) < 4.78 is 20.5. The number of amides is 1. The van der Waals surface area contributed by atoms with Gasteiger partial charge in [-0.1, -0.05) is 18.2 Å². The van der Waals surface area contributed by atoms with E-state index in [4.69, 9.17) is 19.2 Å². The average Bonchev–Trinajstić information content (AvgIpc) is 3.68.